The van der Waals surface area contributed by atoms with Crippen molar-refractivity contribution in [3.63, 3.8) is 0 Å². The Hall–Kier alpha value is -3.48. The normalized spacial score (nSPS) is 13.7. The lowest BCUT2D eigenvalue weighted by Crippen LogP contribution is -2.28. The fourth-order valence-corrected chi connectivity index (χ4v) is 2.97. The van der Waals surface area contributed by atoms with Crippen LogP contribution in [0.15, 0.2) is 48.5 Å². The molecule has 0 saturated carbocycles. The van der Waals surface area contributed by atoms with Gasteiger partial charge in [0.15, 0.2) is 6.61 Å². The number of ether oxygens (including phenoxy) is 1. The smallest absolute Gasteiger partial charge is 0.338 e. The first kappa shape index (κ1) is 20.3. The summed E-state index contributed by atoms with van der Waals surface area (Å²) in [5.41, 5.74) is 2.42. The zero-order valence-corrected chi connectivity index (χ0v) is 16.3. The molecule has 0 radical (unpaired) electrons. The van der Waals surface area contributed by atoms with Gasteiger partial charge in [-0.25, -0.2) is 4.79 Å². The second-order valence-corrected chi connectivity index (χ2v) is 7.07. The van der Waals surface area contributed by atoms with Crippen molar-refractivity contribution in [1.29, 1.82) is 0 Å². The van der Waals surface area contributed by atoms with E-state index in [0.29, 0.717) is 17.3 Å². The van der Waals surface area contributed by atoms with Gasteiger partial charge in [0.25, 0.3) is 5.91 Å². The molecule has 3 amide bonds. The fraction of sp³-hybridized carbons (Fsp3) is 0.273. The lowest BCUT2D eigenvalue weighted by atomic mass is 10.0. The van der Waals surface area contributed by atoms with Crippen LogP contribution in [0.5, 0.6) is 0 Å². The molecule has 1 saturated heterocycles. The second kappa shape index (κ2) is 8.68. The third kappa shape index (κ3) is 4.87. The SMILES string of the molecule is CC(C)c1ccc(NC(=O)COC(=O)c2ccc(N3C(=O)CCC3=O)cc2)cc1. The molecule has 2 aromatic rings. The van der Waals surface area contributed by atoms with E-state index < -0.39 is 18.5 Å². The van der Waals surface area contributed by atoms with Gasteiger partial charge in [-0.05, 0) is 47.9 Å². The van der Waals surface area contributed by atoms with E-state index in [1.165, 1.54) is 24.3 Å². The molecule has 0 aromatic heterocycles. The Morgan fingerprint density at radius 2 is 1.55 bits per heavy atom. The van der Waals surface area contributed by atoms with Gasteiger partial charge >= 0.3 is 5.97 Å². The molecule has 1 N–H and O–H groups in total. The minimum absolute atomic E-state index is 0.192. The summed E-state index contributed by atoms with van der Waals surface area (Å²) in [6.07, 6.45) is 0.385. The number of anilines is 2. The summed E-state index contributed by atoms with van der Waals surface area (Å²) in [4.78, 5) is 48.7. The molecule has 150 valence electrons. The highest BCUT2D eigenvalue weighted by Gasteiger charge is 2.30. The predicted molar refractivity (Wildman–Crippen MR) is 108 cm³/mol. The largest absolute Gasteiger partial charge is 0.452 e. The van der Waals surface area contributed by atoms with Gasteiger partial charge in [0.2, 0.25) is 11.8 Å². The Kier molecular flexibility index (Phi) is 6.07. The quantitative estimate of drug-likeness (QED) is 0.600. The molecule has 1 heterocycles. The highest BCUT2D eigenvalue weighted by atomic mass is 16.5. The molecular weight excluding hydrogens is 372 g/mol. The van der Waals surface area contributed by atoms with Gasteiger partial charge in [-0.2, -0.15) is 0 Å². The molecule has 29 heavy (non-hydrogen) atoms. The molecule has 7 heteroatoms. The predicted octanol–water partition coefficient (Wildman–Crippen LogP) is 3.26. The van der Waals surface area contributed by atoms with Crippen LogP contribution in [0.2, 0.25) is 0 Å². The van der Waals surface area contributed by atoms with Gasteiger partial charge in [0.1, 0.15) is 0 Å². The summed E-state index contributed by atoms with van der Waals surface area (Å²) < 4.78 is 5.03. The Balaban J connectivity index is 1.53. The number of benzene rings is 2. The van der Waals surface area contributed by atoms with Crippen LogP contribution >= 0.6 is 0 Å². The first-order valence-electron chi connectivity index (χ1n) is 9.38. The van der Waals surface area contributed by atoms with E-state index in [-0.39, 0.29) is 30.2 Å². The maximum atomic E-state index is 12.1. The van der Waals surface area contributed by atoms with Gasteiger partial charge in [-0.1, -0.05) is 26.0 Å². The Morgan fingerprint density at radius 1 is 0.966 bits per heavy atom. The average molecular weight is 394 g/mol. The zero-order chi connectivity index (χ0) is 21.0. The van der Waals surface area contributed by atoms with Crippen LogP contribution in [-0.4, -0.2) is 30.3 Å². The van der Waals surface area contributed by atoms with Crippen molar-refractivity contribution in [2.75, 3.05) is 16.8 Å². The van der Waals surface area contributed by atoms with Gasteiger partial charge < -0.3 is 10.1 Å². The molecule has 0 bridgehead atoms. The van der Waals surface area contributed by atoms with Crippen molar-refractivity contribution in [2.45, 2.75) is 32.6 Å². The molecule has 2 aromatic carbocycles. The summed E-state index contributed by atoms with van der Waals surface area (Å²) in [6.45, 7) is 3.75. The zero-order valence-electron chi connectivity index (χ0n) is 16.3. The van der Waals surface area contributed by atoms with E-state index in [1.807, 2.05) is 12.1 Å². The first-order valence-corrected chi connectivity index (χ1v) is 9.38. The van der Waals surface area contributed by atoms with E-state index in [0.717, 1.165) is 10.5 Å². The topological polar surface area (TPSA) is 92.8 Å². The fourth-order valence-electron chi connectivity index (χ4n) is 2.97. The number of rotatable bonds is 6. The molecule has 1 fully saturated rings. The summed E-state index contributed by atoms with van der Waals surface area (Å²) in [5.74, 6) is -1.23. The number of nitrogens with zero attached hydrogens (tertiary/aromatic N) is 1. The summed E-state index contributed by atoms with van der Waals surface area (Å²) in [5, 5.41) is 2.67. The highest BCUT2D eigenvalue weighted by molar-refractivity contribution is 6.19. The standard InChI is InChI=1S/C22H22N2O5/c1-14(2)15-3-7-17(8-4-15)23-19(25)13-29-22(28)16-5-9-18(10-6-16)24-20(26)11-12-21(24)27/h3-10,14H,11-13H2,1-2H3,(H,23,25). The van der Waals surface area contributed by atoms with E-state index in [4.69, 9.17) is 4.74 Å². The number of amides is 3. The molecule has 1 aliphatic heterocycles. The van der Waals surface area contributed by atoms with Gasteiger partial charge in [0.05, 0.1) is 11.3 Å². The van der Waals surface area contributed by atoms with Gasteiger partial charge in [-0.3, -0.25) is 19.3 Å². The summed E-state index contributed by atoms with van der Waals surface area (Å²) in [7, 11) is 0. The van der Waals surface area contributed by atoms with Gasteiger partial charge in [0, 0.05) is 18.5 Å². The van der Waals surface area contributed by atoms with Crippen molar-refractivity contribution in [1.82, 2.24) is 0 Å². The molecule has 0 aliphatic carbocycles. The number of imide groups is 1. The van der Waals surface area contributed by atoms with Crippen molar-refractivity contribution in [3.8, 4) is 0 Å². The third-order valence-corrected chi connectivity index (χ3v) is 4.61. The number of carbonyl (C=O) groups excluding carboxylic acids is 4. The molecule has 7 nitrogen and oxygen atoms in total. The van der Waals surface area contributed by atoms with Crippen LogP contribution in [0, 0.1) is 0 Å². The molecule has 0 unspecified atom stereocenters. The number of hydrogen-bond donors (Lipinski definition) is 1. The van der Waals surface area contributed by atoms with Crippen LogP contribution in [-0.2, 0) is 19.1 Å². The van der Waals surface area contributed by atoms with E-state index in [9.17, 15) is 19.2 Å². The summed E-state index contributed by atoms with van der Waals surface area (Å²) in [6, 6.07) is 13.4. The molecule has 0 spiro atoms. The van der Waals surface area contributed by atoms with Crippen molar-refractivity contribution >= 4 is 35.1 Å². The number of carbonyl (C=O) groups is 4. The maximum absolute atomic E-state index is 12.1. The number of esters is 1. The van der Waals surface area contributed by atoms with Crippen molar-refractivity contribution < 1.29 is 23.9 Å². The van der Waals surface area contributed by atoms with E-state index >= 15 is 0 Å². The molecule has 0 atom stereocenters. The second-order valence-electron chi connectivity index (χ2n) is 7.07. The van der Waals surface area contributed by atoms with Crippen LogP contribution < -0.4 is 10.2 Å². The van der Waals surface area contributed by atoms with Crippen LogP contribution in [0.4, 0.5) is 11.4 Å². The minimum atomic E-state index is -0.666. The Morgan fingerprint density at radius 3 is 2.10 bits per heavy atom. The van der Waals surface area contributed by atoms with Crippen molar-refractivity contribution in [3.05, 3.63) is 59.7 Å². The first-order chi connectivity index (χ1) is 13.8. The molecule has 1 aliphatic rings. The van der Waals surface area contributed by atoms with Crippen molar-refractivity contribution in [2.24, 2.45) is 0 Å². The number of nitrogens with one attached hydrogen (secondary N) is 1. The van der Waals surface area contributed by atoms with Gasteiger partial charge in [-0.15, -0.1) is 0 Å². The average Bonchev–Trinajstić information content (AvgIpc) is 3.05. The maximum Gasteiger partial charge on any atom is 0.338 e. The highest BCUT2D eigenvalue weighted by Crippen LogP contribution is 2.23. The lowest BCUT2D eigenvalue weighted by molar-refractivity contribution is -0.121. The third-order valence-electron chi connectivity index (χ3n) is 4.61. The Labute approximate surface area is 168 Å². The monoisotopic (exact) mass is 394 g/mol. The van der Waals surface area contributed by atoms with Crippen LogP contribution in [0.1, 0.15) is 48.5 Å². The minimum Gasteiger partial charge on any atom is -0.452 e. The Bertz CT molecular complexity index is 917. The van der Waals surface area contributed by atoms with E-state index in [2.05, 4.69) is 19.2 Å². The van der Waals surface area contributed by atoms with Crippen LogP contribution in [0.25, 0.3) is 0 Å². The molecule has 3 rings (SSSR count). The van der Waals surface area contributed by atoms with Crippen LogP contribution in [0.3, 0.4) is 0 Å². The lowest BCUT2D eigenvalue weighted by Gasteiger charge is -2.14. The number of hydrogen-bond acceptors (Lipinski definition) is 5. The van der Waals surface area contributed by atoms with E-state index in [1.54, 1.807) is 12.1 Å². The summed E-state index contributed by atoms with van der Waals surface area (Å²) >= 11 is 0. The molecular formula is C22H22N2O5.